The average Bonchev–Trinajstić information content (AvgIpc) is 2.03. The van der Waals surface area contributed by atoms with Gasteiger partial charge in [0.2, 0.25) is 0 Å². The van der Waals surface area contributed by atoms with E-state index in [4.69, 9.17) is 10.8 Å². The van der Waals surface area contributed by atoms with Gasteiger partial charge < -0.3 is 10.8 Å². The zero-order chi connectivity index (χ0) is 10.0. The summed E-state index contributed by atoms with van der Waals surface area (Å²) in [7, 11) is 1.26. The summed E-state index contributed by atoms with van der Waals surface area (Å²) in [4.78, 5) is 11.3. The second-order valence-electron chi connectivity index (χ2n) is 2.55. The van der Waals surface area contributed by atoms with Gasteiger partial charge in [-0.15, -0.1) is 0 Å². The van der Waals surface area contributed by atoms with Crippen molar-refractivity contribution in [2.75, 3.05) is 17.7 Å². The minimum atomic E-state index is -1.22. The van der Waals surface area contributed by atoms with Gasteiger partial charge in [-0.1, -0.05) is 0 Å². The van der Waals surface area contributed by atoms with E-state index in [0.717, 1.165) is 11.0 Å². The molecule has 70 valence electrons. The molecule has 1 amide bonds. The smallest absolute Gasteiger partial charge is 0.411 e. The van der Waals surface area contributed by atoms with Crippen LogP contribution in [-0.4, -0.2) is 18.2 Å². The van der Waals surface area contributed by atoms with Crippen molar-refractivity contribution in [3.63, 3.8) is 0 Å². The van der Waals surface area contributed by atoms with Crippen molar-refractivity contribution in [2.45, 2.75) is 0 Å². The van der Waals surface area contributed by atoms with E-state index in [-0.39, 0.29) is 11.4 Å². The standard InChI is InChI=1S/C8H9FN2O2/c1-11(8(12)13)7-3-2-5(10)4-6(7)9/h2-4H,10H2,1H3,(H,12,13). The summed E-state index contributed by atoms with van der Waals surface area (Å²) in [6, 6.07) is 3.84. The molecule has 0 aliphatic carbocycles. The van der Waals surface area contributed by atoms with Crippen LogP contribution >= 0.6 is 0 Å². The van der Waals surface area contributed by atoms with Gasteiger partial charge in [-0.3, -0.25) is 4.90 Å². The maximum Gasteiger partial charge on any atom is 0.411 e. The molecule has 5 heteroatoms. The quantitative estimate of drug-likeness (QED) is 0.650. The maximum atomic E-state index is 13.1. The second-order valence-corrected chi connectivity index (χ2v) is 2.55. The molecule has 0 saturated carbocycles. The molecule has 0 heterocycles. The van der Waals surface area contributed by atoms with Crippen molar-refractivity contribution >= 4 is 17.5 Å². The predicted octanol–water partition coefficient (Wildman–Crippen LogP) is 1.52. The maximum absolute atomic E-state index is 13.1. The van der Waals surface area contributed by atoms with Crippen molar-refractivity contribution in [3.05, 3.63) is 24.0 Å². The first kappa shape index (κ1) is 9.31. The minimum Gasteiger partial charge on any atom is -0.465 e. The normalized spacial score (nSPS) is 9.69. The van der Waals surface area contributed by atoms with E-state index in [1.54, 1.807) is 0 Å². The highest BCUT2D eigenvalue weighted by Crippen LogP contribution is 2.20. The van der Waals surface area contributed by atoms with Crippen LogP contribution in [0.3, 0.4) is 0 Å². The van der Waals surface area contributed by atoms with Crippen LogP contribution in [0.5, 0.6) is 0 Å². The van der Waals surface area contributed by atoms with E-state index in [9.17, 15) is 9.18 Å². The Bertz CT molecular complexity index is 341. The fraction of sp³-hybridized carbons (Fsp3) is 0.125. The topological polar surface area (TPSA) is 66.6 Å². The van der Waals surface area contributed by atoms with E-state index in [2.05, 4.69) is 0 Å². The van der Waals surface area contributed by atoms with Crippen LogP contribution in [0.25, 0.3) is 0 Å². The third-order valence-electron chi connectivity index (χ3n) is 1.62. The number of halogens is 1. The van der Waals surface area contributed by atoms with Crippen LogP contribution in [-0.2, 0) is 0 Å². The summed E-state index contributed by atoms with van der Waals surface area (Å²) in [6.07, 6.45) is -1.22. The summed E-state index contributed by atoms with van der Waals surface area (Å²) in [6.45, 7) is 0. The van der Waals surface area contributed by atoms with Crippen LogP contribution in [0, 0.1) is 5.82 Å². The summed E-state index contributed by atoms with van der Waals surface area (Å²) >= 11 is 0. The first-order valence-corrected chi connectivity index (χ1v) is 3.54. The molecule has 4 nitrogen and oxygen atoms in total. The van der Waals surface area contributed by atoms with E-state index in [1.807, 2.05) is 0 Å². The van der Waals surface area contributed by atoms with Crippen molar-refractivity contribution < 1.29 is 14.3 Å². The fourth-order valence-electron chi connectivity index (χ4n) is 0.898. The first-order chi connectivity index (χ1) is 6.02. The molecule has 1 rings (SSSR count). The summed E-state index contributed by atoms with van der Waals surface area (Å²) in [5, 5.41) is 8.56. The van der Waals surface area contributed by atoms with Gasteiger partial charge in [-0.05, 0) is 18.2 Å². The number of carbonyl (C=O) groups is 1. The highest BCUT2D eigenvalue weighted by Gasteiger charge is 2.12. The molecule has 0 aromatic heterocycles. The molecular weight excluding hydrogens is 175 g/mol. The SMILES string of the molecule is CN(C(=O)O)c1ccc(N)cc1F. The first-order valence-electron chi connectivity index (χ1n) is 3.54. The minimum absolute atomic E-state index is 0.0123. The number of benzene rings is 1. The number of carboxylic acid groups (broad SMARTS) is 1. The number of hydrogen-bond donors (Lipinski definition) is 2. The van der Waals surface area contributed by atoms with Gasteiger partial charge >= 0.3 is 6.09 Å². The van der Waals surface area contributed by atoms with Crippen molar-refractivity contribution in [2.24, 2.45) is 0 Å². The molecule has 1 aromatic rings. The molecule has 0 unspecified atom stereocenters. The van der Waals surface area contributed by atoms with Crippen molar-refractivity contribution in [1.29, 1.82) is 0 Å². The molecule has 0 aliphatic rings. The molecule has 0 radical (unpaired) electrons. The molecule has 0 bridgehead atoms. The largest absolute Gasteiger partial charge is 0.465 e. The van der Waals surface area contributed by atoms with Gasteiger partial charge in [-0.25, -0.2) is 9.18 Å². The van der Waals surface area contributed by atoms with E-state index in [0.29, 0.717) is 0 Å². The molecule has 3 N–H and O–H groups in total. The zero-order valence-electron chi connectivity index (χ0n) is 6.99. The van der Waals surface area contributed by atoms with E-state index < -0.39 is 11.9 Å². The molecule has 0 fully saturated rings. The Labute approximate surface area is 74.4 Å². The van der Waals surface area contributed by atoms with Gasteiger partial charge in [0.15, 0.2) is 0 Å². The Hall–Kier alpha value is -1.78. The number of amides is 1. The Kier molecular flexibility index (Phi) is 2.36. The summed E-state index contributed by atoms with van der Waals surface area (Å²) in [5.74, 6) is -0.648. The highest BCUT2D eigenvalue weighted by atomic mass is 19.1. The molecule has 13 heavy (non-hydrogen) atoms. The summed E-state index contributed by atoms with van der Waals surface area (Å²) in [5.41, 5.74) is 5.55. The Morgan fingerprint density at radius 1 is 1.62 bits per heavy atom. The van der Waals surface area contributed by atoms with Crippen LogP contribution < -0.4 is 10.6 Å². The van der Waals surface area contributed by atoms with Crippen LogP contribution in [0.4, 0.5) is 20.6 Å². The Morgan fingerprint density at radius 3 is 2.69 bits per heavy atom. The number of anilines is 2. The number of nitrogen functional groups attached to an aromatic ring is 1. The molecule has 0 aliphatic heterocycles. The van der Waals surface area contributed by atoms with Crippen LogP contribution in [0.1, 0.15) is 0 Å². The molecule has 1 aromatic carbocycles. The van der Waals surface area contributed by atoms with Gasteiger partial charge in [0.25, 0.3) is 0 Å². The third-order valence-corrected chi connectivity index (χ3v) is 1.62. The third kappa shape index (κ3) is 1.87. The van der Waals surface area contributed by atoms with Gasteiger partial charge in [0.1, 0.15) is 5.82 Å². The van der Waals surface area contributed by atoms with Crippen molar-refractivity contribution in [1.82, 2.24) is 0 Å². The predicted molar refractivity (Wildman–Crippen MR) is 47.2 cm³/mol. The van der Waals surface area contributed by atoms with Crippen molar-refractivity contribution in [3.8, 4) is 0 Å². The van der Waals surface area contributed by atoms with Gasteiger partial charge in [0, 0.05) is 12.7 Å². The lowest BCUT2D eigenvalue weighted by molar-refractivity contribution is 0.203. The van der Waals surface area contributed by atoms with Gasteiger partial charge in [0.05, 0.1) is 5.69 Å². The monoisotopic (exact) mass is 184 g/mol. The Balaban J connectivity index is 3.08. The molecular formula is C8H9FN2O2. The number of hydrogen-bond acceptors (Lipinski definition) is 2. The van der Waals surface area contributed by atoms with Crippen LogP contribution in [0.15, 0.2) is 18.2 Å². The number of nitrogens with two attached hydrogens (primary N) is 1. The lowest BCUT2D eigenvalue weighted by Crippen LogP contribution is -2.24. The number of nitrogens with zero attached hydrogens (tertiary/aromatic N) is 1. The Morgan fingerprint density at radius 2 is 2.23 bits per heavy atom. The lowest BCUT2D eigenvalue weighted by Gasteiger charge is -2.13. The van der Waals surface area contributed by atoms with E-state index in [1.165, 1.54) is 19.2 Å². The van der Waals surface area contributed by atoms with Gasteiger partial charge in [-0.2, -0.15) is 0 Å². The fourth-order valence-corrected chi connectivity index (χ4v) is 0.898. The average molecular weight is 184 g/mol. The second kappa shape index (κ2) is 3.30. The van der Waals surface area contributed by atoms with Crippen LogP contribution in [0.2, 0.25) is 0 Å². The van der Waals surface area contributed by atoms with E-state index >= 15 is 0 Å². The molecule has 0 spiro atoms. The molecule has 0 saturated heterocycles. The lowest BCUT2D eigenvalue weighted by atomic mass is 10.2. The number of rotatable bonds is 1. The zero-order valence-corrected chi connectivity index (χ0v) is 6.99. The summed E-state index contributed by atoms with van der Waals surface area (Å²) < 4.78 is 13.1. The molecule has 0 atom stereocenters. The highest BCUT2D eigenvalue weighted by molar-refractivity contribution is 5.85.